The highest BCUT2D eigenvalue weighted by Crippen LogP contribution is 2.31. The van der Waals surface area contributed by atoms with E-state index in [2.05, 4.69) is 10.0 Å². The largest absolute Gasteiger partial charge is 0.486 e. The molecule has 1 heterocycles. The van der Waals surface area contributed by atoms with Crippen molar-refractivity contribution >= 4 is 33.4 Å². The number of nitrogens with one attached hydrogen (secondary N) is 2. The number of carbonyl (C=O) groups excluding carboxylic acids is 1. The summed E-state index contributed by atoms with van der Waals surface area (Å²) in [7, 11) is -3.79. The number of sulfonamides is 1. The zero-order valence-corrected chi connectivity index (χ0v) is 18.1. The summed E-state index contributed by atoms with van der Waals surface area (Å²) in [5.41, 5.74) is 0.477. The average Bonchev–Trinajstić information content (AvgIpc) is 2.72. The first-order valence-electron chi connectivity index (χ1n) is 9.17. The number of hydrogen-bond acceptors (Lipinski definition) is 6. The fourth-order valence-corrected chi connectivity index (χ4v) is 4.30. The molecule has 1 aliphatic heterocycles. The van der Waals surface area contributed by atoms with Gasteiger partial charge in [-0.2, -0.15) is 0 Å². The van der Waals surface area contributed by atoms with E-state index in [-0.39, 0.29) is 29.9 Å². The number of hydrogen-bond donors (Lipinski definition) is 2. The highest BCUT2D eigenvalue weighted by molar-refractivity contribution is 7.98. The lowest BCUT2D eigenvalue weighted by molar-refractivity contribution is -0.118. The monoisotopic (exact) mass is 436 g/mol. The molecule has 0 spiro atoms. The smallest absolute Gasteiger partial charge is 0.240 e. The van der Waals surface area contributed by atoms with Crippen molar-refractivity contribution in [2.45, 2.75) is 29.7 Å². The molecule has 0 bridgehead atoms. The van der Waals surface area contributed by atoms with Gasteiger partial charge in [0.15, 0.2) is 11.5 Å². The fourth-order valence-electron chi connectivity index (χ4n) is 2.68. The van der Waals surface area contributed by atoms with Crippen LogP contribution in [0.1, 0.15) is 13.8 Å². The highest BCUT2D eigenvalue weighted by atomic mass is 32.2. The minimum Gasteiger partial charge on any atom is -0.486 e. The summed E-state index contributed by atoms with van der Waals surface area (Å²) in [6.45, 7) is 3.87. The van der Waals surface area contributed by atoms with Crippen LogP contribution in [0.15, 0.2) is 52.3 Å². The lowest BCUT2D eigenvalue weighted by Crippen LogP contribution is -2.40. The first kappa shape index (κ1) is 21.5. The molecule has 0 saturated heterocycles. The zero-order valence-electron chi connectivity index (χ0n) is 16.5. The molecule has 3 rings (SSSR count). The van der Waals surface area contributed by atoms with Gasteiger partial charge in [0.05, 0.1) is 17.1 Å². The van der Waals surface area contributed by atoms with Gasteiger partial charge in [0, 0.05) is 10.8 Å². The van der Waals surface area contributed by atoms with Crippen LogP contribution in [-0.4, -0.2) is 39.8 Å². The second-order valence-corrected chi connectivity index (χ2v) is 9.47. The van der Waals surface area contributed by atoms with Gasteiger partial charge in [0.25, 0.3) is 0 Å². The molecule has 1 amide bonds. The fraction of sp³-hybridized carbons (Fsp3) is 0.350. The molecule has 9 heteroatoms. The molecule has 7 nitrogen and oxygen atoms in total. The van der Waals surface area contributed by atoms with Crippen LogP contribution in [0.25, 0.3) is 0 Å². The van der Waals surface area contributed by atoms with Crippen LogP contribution >= 0.6 is 11.8 Å². The summed E-state index contributed by atoms with van der Waals surface area (Å²) < 4.78 is 39.5. The van der Waals surface area contributed by atoms with Crippen LogP contribution in [0.3, 0.4) is 0 Å². The van der Waals surface area contributed by atoms with Gasteiger partial charge in [-0.25, -0.2) is 13.1 Å². The molecule has 0 saturated carbocycles. The van der Waals surface area contributed by atoms with Crippen molar-refractivity contribution in [3.8, 4) is 11.5 Å². The van der Waals surface area contributed by atoms with Gasteiger partial charge >= 0.3 is 0 Å². The first-order valence-corrected chi connectivity index (χ1v) is 11.9. The second kappa shape index (κ2) is 9.06. The Bertz CT molecular complexity index is 992. The molecule has 1 aliphatic rings. The van der Waals surface area contributed by atoms with Crippen molar-refractivity contribution in [2.75, 3.05) is 24.7 Å². The third kappa shape index (κ3) is 5.23. The summed E-state index contributed by atoms with van der Waals surface area (Å²) in [6.07, 6.45) is 1.43. The van der Waals surface area contributed by atoms with Gasteiger partial charge in [-0.1, -0.05) is 26.0 Å². The van der Waals surface area contributed by atoms with Crippen molar-refractivity contribution in [1.82, 2.24) is 4.72 Å². The van der Waals surface area contributed by atoms with Crippen molar-refractivity contribution in [3.05, 3.63) is 42.5 Å². The topological polar surface area (TPSA) is 93.7 Å². The second-order valence-electron chi connectivity index (χ2n) is 6.86. The van der Waals surface area contributed by atoms with E-state index in [1.807, 2.05) is 18.4 Å². The van der Waals surface area contributed by atoms with Crippen LogP contribution in [0.4, 0.5) is 5.69 Å². The van der Waals surface area contributed by atoms with Crippen molar-refractivity contribution in [2.24, 2.45) is 5.92 Å². The van der Waals surface area contributed by atoms with Crippen LogP contribution < -0.4 is 19.5 Å². The number of fused-ring (bicyclic) bond motifs is 1. The normalized spacial score (nSPS) is 15.9. The molecular weight excluding hydrogens is 412 g/mol. The van der Waals surface area contributed by atoms with E-state index in [1.54, 1.807) is 32.0 Å². The molecule has 0 radical (unpaired) electrons. The Hall–Kier alpha value is -2.23. The molecule has 2 aromatic carbocycles. The maximum absolute atomic E-state index is 12.8. The Morgan fingerprint density at radius 3 is 2.62 bits per heavy atom. The van der Waals surface area contributed by atoms with E-state index < -0.39 is 16.1 Å². The van der Waals surface area contributed by atoms with E-state index in [9.17, 15) is 13.2 Å². The van der Waals surface area contributed by atoms with E-state index in [0.29, 0.717) is 17.2 Å². The molecule has 156 valence electrons. The molecule has 2 aromatic rings. The Kier molecular flexibility index (Phi) is 6.71. The van der Waals surface area contributed by atoms with Crippen molar-refractivity contribution in [1.29, 1.82) is 0 Å². The number of thioether (sulfide) groups is 1. The van der Waals surface area contributed by atoms with Crippen molar-refractivity contribution in [3.63, 3.8) is 0 Å². The quantitative estimate of drug-likeness (QED) is 0.648. The average molecular weight is 437 g/mol. The summed E-state index contributed by atoms with van der Waals surface area (Å²) >= 11 is 1.43. The summed E-state index contributed by atoms with van der Waals surface area (Å²) in [4.78, 5) is 12.9. The number of carbonyl (C=O) groups is 1. The van der Waals surface area contributed by atoms with Crippen molar-refractivity contribution < 1.29 is 22.7 Å². The molecule has 0 fully saturated rings. The number of amides is 1. The van der Waals surface area contributed by atoms with E-state index >= 15 is 0 Å². The number of para-hydroxylation sites is 2. The van der Waals surface area contributed by atoms with Crippen LogP contribution in [0, 0.1) is 5.92 Å². The van der Waals surface area contributed by atoms with Gasteiger partial charge in [0.2, 0.25) is 15.9 Å². The molecule has 0 aromatic heterocycles. The summed E-state index contributed by atoms with van der Waals surface area (Å²) in [5, 5.41) is 2.79. The van der Waals surface area contributed by atoms with Crippen LogP contribution in [0.5, 0.6) is 11.5 Å². The molecule has 2 N–H and O–H groups in total. The molecular formula is C20H24N2O5S2. The number of anilines is 1. The highest BCUT2D eigenvalue weighted by Gasteiger charge is 2.24. The van der Waals surface area contributed by atoms with E-state index in [4.69, 9.17) is 9.47 Å². The van der Waals surface area contributed by atoms with Gasteiger partial charge in [-0.3, -0.25) is 4.79 Å². The maximum Gasteiger partial charge on any atom is 0.240 e. The predicted molar refractivity (Wildman–Crippen MR) is 113 cm³/mol. The summed E-state index contributed by atoms with van der Waals surface area (Å²) in [5.74, 6) is 0.847. The third-order valence-electron chi connectivity index (χ3n) is 4.33. The van der Waals surface area contributed by atoms with Crippen LogP contribution in [0.2, 0.25) is 0 Å². The van der Waals surface area contributed by atoms with Crippen LogP contribution in [-0.2, 0) is 14.8 Å². The number of benzene rings is 2. The molecule has 0 unspecified atom stereocenters. The van der Waals surface area contributed by atoms with Gasteiger partial charge in [-0.05, 0) is 36.6 Å². The van der Waals surface area contributed by atoms with E-state index in [1.165, 1.54) is 23.9 Å². The Balaban J connectivity index is 1.71. The predicted octanol–water partition coefficient (Wildman–Crippen LogP) is 3.12. The Morgan fingerprint density at radius 1 is 1.21 bits per heavy atom. The van der Waals surface area contributed by atoms with E-state index in [0.717, 1.165) is 4.90 Å². The lowest BCUT2D eigenvalue weighted by Gasteiger charge is -2.26. The SMILES string of the molecule is CSc1ccc(S(=O)(=O)NC[C@@H]2COc3ccccc3O2)cc1NC(=O)C(C)C. The lowest BCUT2D eigenvalue weighted by atomic mass is 10.2. The van der Waals surface area contributed by atoms with Gasteiger partial charge in [-0.15, -0.1) is 11.8 Å². The first-order chi connectivity index (χ1) is 13.8. The molecule has 29 heavy (non-hydrogen) atoms. The minimum atomic E-state index is -3.79. The standard InChI is InChI=1S/C20H24N2O5S2/c1-13(2)20(23)22-16-10-15(8-9-19(16)28-3)29(24,25)21-11-14-12-26-17-6-4-5-7-18(17)27-14/h4-10,13-14,21H,11-12H2,1-3H3,(H,22,23)/t14-/m1/s1. The summed E-state index contributed by atoms with van der Waals surface area (Å²) in [6, 6.07) is 11.9. The maximum atomic E-state index is 12.8. The zero-order chi connectivity index (χ0) is 21.0. The Labute approximate surface area is 175 Å². The number of rotatable bonds is 7. The van der Waals surface area contributed by atoms with Gasteiger partial charge in [0.1, 0.15) is 12.7 Å². The Morgan fingerprint density at radius 2 is 1.93 bits per heavy atom. The molecule has 1 atom stereocenters. The minimum absolute atomic E-state index is 0.0641. The third-order valence-corrected chi connectivity index (χ3v) is 6.55. The molecule has 0 aliphatic carbocycles. The van der Waals surface area contributed by atoms with Gasteiger partial charge < -0.3 is 14.8 Å². The number of ether oxygens (including phenoxy) is 2.